The number of rotatable bonds is 0. The van der Waals surface area contributed by atoms with Gasteiger partial charge in [-0.25, -0.2) is 0 Å². The van der Waals surface area contributed by atoms with Crippen molar-refractivity contribution in [3.05, 3.63) is 33.0 Å². The van der Waals surface area contributed by atoms with Crippen LogP contribution in [0.4, 0.5) is 5.69 Å². The number of hydrogen-bond donors (Lipinski definition) is 1. The minimum atomic E-state index is 0.593. The van der Waals surface area contributed by atoms with E-state index < -0.39 is 0 Å². The summed E-state index contributed by atoms with van der Waals surface area (Å²) in [6.07, 6.45) is 0.863. The van der Waals surface area contributed by atoms with Gasteiger partial charge in [0.05, 0.1) is 24.4 Å². The predicted molar refractivity (Wildman–Crippen MR) is 72.2 cm³/mol. The van der Waals surface area contributed by atoms with Crippen molar-refractivity contribution < 1.29 is 4.74 Å². The summed E-state index contributed by atoms with van der Waals surface area (Å²) in [4.78, 5) is 4.65. The number of aromatic nitrogens is 1. The molecule has 82 valence electrons. The predicted octanol–water partition coefficient (Wildman–Crippen LogP) is 2.49. The molecule has 0 amide bonds. The molecule has 2 aromatic rings. The van der Waals surface area contributed by atoms with Crippen molar-refractivity contribution in [1.82, 2.24) is 4.98 Å². The molecule has 3 nitrogen and oxygen atoms in total. The monoisotopic (exact) mass is 326 g/mol. The lowest BCUT2D eigenvalue weighted by atomic mass is 10.0. The fourth-order valence-electron chi connectivity index (χ4n) is 2.06. The molecule has 0 atom stereocenters. The van der Waals surface area contributed by atoms with Gasteiger partial charge in [-0.1, -0.05) is 0 Å². The number of nitrogen functional groups attached to an aromatic ring is 1. The molecule has 1 aliphatic heterocycles. The Kier molecular flexibility index (Phi) is 2.48. The van der Waals surface area contributed by atoms with Crippen LogP contribution >= 0.6 is 22.6 Å². The van der Waals surface area contributed by atoms with Crippen molar-refractivity contribution in [3.8, 4) is 0 Å². The number of anilines is 1. The van der Waals surface area contributed by atoms with Gasteiger partial charge in [-0.2, -0.15) is 0 Å². The largest absolute Gasteiger partial charge is 0.398 e. The molecule has 0 saturated carbocycles. The Labute approximate surface area is 107 Å². The summed E-state index contributed by atoms with van der Waals surface area (Å²) in [5, 5.41) is 1.04. The zero-order valence-electron chi connectivity index (χ0n) is 8.66. The van der Waals surface area contributed by atoms with Gasteiger partial charge >= 0.3 is 0 Å². The molecule has 0 aliphatic carbocycles. The highest BCUT2D eigenvalue weighted by molar-refractivity contribution is 14.1. The van der Waals surface area contributed by atoms with E-state index in [-0.39, 0.29) is 0 Å². The second-order valence-electron chi connectivity index (χ2n) is 3.91. The molecule has 1 aromatic heterocycles. The van der Waals surface area contributed by atoms with Gasteiger partial charge in [-0.15, -0.1) is 0 Å². The van der Waals surface area contributed by atoms with Crippen molar-refractivity contribution in [3.63, 3.8) is 0 Å². The van der Waals surface area contributed by atoms with Gasteiger partial charge in [-0.05, 0) is 40.8 Å². The Morgan fingerprint density at radius 1 is 1.38 bits per heavy atom. The topological polar surface area (TPSA) is 48.1 Å². The second-order valence-corrected chi connectivity index (χ2v) is 5.16. The Morgan fingerprint density at radius 2 is 2.25 bits per heavy atom. The zero-order valence-corrected chi connectivity index (χ0v) is 10.8. The minimum absolute atomic E-state index is 0.593. The molecule has 2 heterocycles. The Hall–Kier alpha value is -0.880. The molecule has 0 spiro atoms. The van der Waals surface area contributed by atoms with Gasteiger partial charge in [0.25, 0.3) is 0 Å². The van der Waals surface area contributed by atoms with Crippen LogP contribution in [0.3, 0.4) is 0 Å². The van der Waals surface area contributed by atoms with Crippen LogP contribution in [0.15, 0.2) is 18.2 Å². The molecule has 1 aliphatic rings. The summed E-state index contributed by atoms with van der Waals surface area (Å²) < 4.78 is 6.61. The van der Waals surface area contributed by atoms with Crippen LogP contribution < -0.4 is 5.73 Å². The summed E-state index contributed by atoms with van der Waals surface area (Å²) in [5.41, 5.74) is 10.2. The number of pyridine rings is 1. The van der Waals surface area contributed by atoms with Gasteiger partial charge in [0.15, 0.2) is 0 Å². The normalized spacial score (nSPS) is 15.1. The fraction of sp³-hybridized carbons (Fsp3) is 0.250. The first kappa shape index (κ1) is 10.3. The third-order valence-electron chi connectivity index (χ3n) is 2.91. The summed E-state index contributed by atoms with van der Waals surface area (Å²) in [6, 6.07) is 6.16. The number of halogens is 1. The molecule has 1 aromatic carbocycles. The van der Waals surface area contributed by atoms with Crippen molar-refractivity contribution in [2.45, 2.75) is 13.0 Å². The standard InChI is InChI=1S/C12H11IN2O/c13-7-1-2-10-8(5-7)12(14)9-6-16-4-3-11(9)15-10/h1-2,5H,3-4,6H2,(H2,14,15). The molecule has 0 unspecified atom stereocenters. The highest BCUT2D eigenvalue weighted by Gasteiger charge is 2.16. The Bertz CT molecular complexity index is 568. The lowest BCUT2D eigenvalue weighted by Gasteiger charge is -2.19. The molecule has 3 rings (SSSR count). The molecular formula is C12H11IN2O. The van der Waals surface area contributed by atoms with E-state index in [0.717, 1.165) is 40.9 Å². The van der Waals surface area contributed by atoms with Crippen LogP contribution in [-0.2, 0) is 17.8 Å². The van der Waals surface area contributed by atoms with E-state index in [0.29, 0.717) is 6.61 Å². The van der Waals surface area contributed by atoms with E-state index in [2.05, 4.69) is 39.7 Å². The summed E-state index contributed by atoms with van der Waals surface area (Å²) in [6.45, 7) is 1.34. The van der Waals surface area contributed by atoms with Gasteiger partial charge in [-0.3, -0.25) is 4.98 Å². The van der Waals surface area contributed by atoms with E-state index in [4.69, 9.17) is 10.5 Å². The maximum absolute atomic E-state index is 6.19. The fourth-order valence-corrected chi connectivity index (χ4v) is 2.55. The maximum Gasteiger partial charge on any atom is 0.0755 e. The number of ether oxygens (including phenoxy) is 1. The Balaban J connectivity index is 2.35. The van der Waals surface area contributed by atoms with E-state index in [1.165, 1.54) is 3.57 Å². The number of nitrogens with zero attached hydrogens (tertiary/aromatic N) is 1. The highest BCUT2D eigenvalue weighted by atomic mass is 127. The van der Waals surface area contributed by atoms with E-state index in [9.17, 15) is 0 Å². The van der Waals surface area contributed by atoms with E-state index in [1.807, 2.05) is 6.07 Å². The van der Waals surface area contributed by atoms with Crippen molar-refractivity contribution in [2.24, 2.45) is 0 Å². The van der Waals surface area contributed by atoms with Crippen LogP contribution in [0.5, 0.6) is 0 Å². The van der Waals surface area contributed by atoms with E-state index in [1.54, 1.807) is 0 Å². The molecular weight excluding hydrogens is 315 g/mol. The van der Waals surface area contributed by atoms with Crippen molar-refractivity contribution >= 4 is 39.2 Å². The van der Waals surface area contributed by atoms with Crippen LogP contribution in [0.2, 0.25) is 0 Å². The molecule has 4 heteroatoms. The number of benzene rings is 1. The third kappa shape index (κ3) is 1.56. The zero-order chi connectivity index (χ0) is 11.1. The van der Waals surface area contributed by atoms with Gasteiger partial charge in [0.2, 0.25) is 0 Å². The third-order valence-corrected chi connectivity index (χ3v) is 3.58. The van der Waals surface area contributed by atoms with Crippen molar-refractivity contribution in [2.75, 3.05) is 12.3 Å². The first-order valence-electron chi connectivity index (χ1n) is 5.20. The van der Waals surface area contributed by atoms with Crippen molar-refractivity contribution in [1.29, 1.82) is 0 Å². The number of nitrogens with two attached hydrogens (primary N) is 1. The van der Waals surface area contributed by atoms with Gasteiger partial charge in [0, 0.05) is 26.6 Å². The lowest BCUT2D eigenvalue weighted by molar-refractivity contribution is 0.110. The Morgan fingerprint density at radius 3 is 3.12 bits per heavy atom. The summed E-state index contributed by atoms with van der Waals surface area (Å²) in [5.74, 6) is 0. The minimum Gasteiger partial charge on any atom is -0.398 e. The summed E-state index contributed by atoms with van der Waals surface area (Å²) >= 11 is 2.29. The smallest absolute Gasteiger partial charge is 0.0755 e. The number of fused-ring (bicyclic) bond motifs is 2. The molecule has 16 heavy (non-hydrogen) atoms. The molecule has 0 fully saturated rings. The van der Waals surface area contributed by atoms with Gasteiger partial charge in [0.1, 0.15) is 0 Å². The van der Waals surface area contributed by atoms with E-state index >= 15 is 0 Å². The average molecular weight is 326 g/mol. The average Bonchev–Trinajstić information content (AvgIpc) is 2.31. The molecule has 0 radical (unpaired) electrons. The lowest BCUT2D eigenvalue weighted by Crippen LogP contribution is -2.14. The van der Waals surface area contributed by atoms with Crippen LogP contribution in [0.1, 0.15) is 11.3 Å². The maximum atomic E-state index is 6.19. The molecule has 2 N–H and O–H groups in total. The quantitative estimate of drug-likeness (QED) is 0.757. The SMILES string of the molecule is Nc1c2c(nc3ccc(I)cc13)CCOC2. The van der Waals surface area contributed by atoms with Crippen LogP contribution in [-0.4, -0.2) is 11.6 Å². The van der Waals surface area contributed by atoms with Gasteiger partial charge < -0.3 is 10.5 Å². The summed E-state index contributed by atoms with van der Waals surface area (Å²) in [7, 11) is 0. The highest BCUT2D eigenvalue weighted by Crippen LogP contribution is 2.29. The van der Waals surface area contributed by atoms with Crippen LogP contribution in [0, 0.1) is 3.57 Å². The first-order valence-corrected chi connectivity index (χ1v) is 6.28. The first-order chi connectivity index (χ1) is 7.75. The molecule has 0 saturated heterocycles. The molecule has 0 bridgehead atoms. The number of hydrogen-bond acceptors (Lipinski definition) is 3. The van der Waals surface area contributed by atoms with Crippen LogP contribution in [0.25, 0.3) is 10.9 Å². The second kappa shape index (κ2) is 3.85.